The van der Waals surface area contributed by atoms with Crippen molar-refractivity contribution in [2.45, 2.75) is 6.92 Å². The number of nitrogens with one attached hydrogen (secondary N) is 1. The zero-order chi connectivity index (χ0) is 23.3. The summed E-state index contributed by atoms with van der Waals surface area (Å²) in [4.78, 5) is 49.9. The molecule has 3 rings (SSSR count). The van der Waals surface area contributed by atoms with Crippen LogP contribution in [0.2, 0.25) is 0 Å². The fourth-order valence-corrected chi connectivity index (χ4v) is 3.93. The number of imide groups is 1. The fourth-order valence-electron chi connectivity index (χ4n) is 2.72. The van der Waals surface area contributed by atoms with Gasteiger partial charge in [0, 0.05) is 15.7 Å². The number of amides is 3. The van der Waals surface area contributed by atoms with Crippen molar-refractivity contribution >= 4 is 62.5 Å². The molecule has 1 aliphatic heterocycles. The van der Waals surface area contributed by atoms with Gasteiger partial charge in [0.25, 0.3) is 11.1 Å². The molecule has 166 valence electrons. The number of rotatable bonds is 7. The van der Waals surface area contributed by atoms with Crippen LogP contribution in [-0.4, -0.2) is 48.2 Å². The van der Waals surface area contributed by atoms with Crippen LogP contribution in [0.15, 0.2) is 51.8 Å². The van der Waals surface area contributed by atoms with E-state index in [-0.39, 0.29) is 11.5 Å². The number of hydrogen-bond acceptors (Lipinski definition) is 7. The Morgan fingerprint density at radius 1 is 1.16 bits per heavy atom. The van der Waals surface area contributed by atoms with Gasteiger partial charge in [-0.2, -0.15) is 0 Å². The first-order chi connectivity index (χ1) is 15.3. The molecule has 8 nitrogen and oxygen atoms in total. The number of anilines is 1. The second-order valence-electron chi connectivity index (χ2n) is 6.73. The summed E-state index contributed by atoms with van der Waals surface area (Å²) in [6.07, 6.45) is 1.49. The van der Waals surface area contributed by atoms with Crippen molar-refractivity contribution in [3.8, 4) is 5.75 Å². The third-order valence-corrected chi connectivity index (χ3v) is 5.74. The van der Waals surface area contributed by atoms with Gasteiger partial charge in [0.1, 0.15) is 12.3 Å². The Hall–Kier alpha value is -3.11. The van der Waals surface area contributed by atoms with Gasteiger partial charge in [-0.3, -0.25) is 19.3 Å². The lowest BCUT2D eigenvalue weighted by Gasteiger charge is -2.12. The number of nitrogens with zero attached hydrogens (tertiary/aromatic N) is 1. The number of halogens is 1. The molecule has 0 aromatic heterocycles. The van der Waals surface area contributed by atoms with Gasteiger partial charge in [0.2, 0.25) is 5.91 Å². The van der Waals surface area contributed by atoms with Crippen molar-refractivity contribution in [1.82, 2.24) is 4.90 Å². The molecule has 0 atom stereocenters. The second-order valence-corrected chi connectivity index (χ2v) is 8.64. The summed E-state index contributed by atoms with van der Waals surface area (Å²) in [7, 11) is 1.25. The van der Waals surface area contributed by atoms with E-state index >= 15 is 0 Å². The van der Waals surface area contributed by atoms with Gasteiger partial charge in [0.05, 0.1) is 12.0 Å². The summed E-state index contributed by atoms with van der Waals surface area (Å²) in [6.45, 7) is 1.22. The van der Waals surface area contributed by atoms with E-state index in [9.17, 15) is 19.2 Å². The molecule has 2 aromatic rings. The van der Waals surface area contributed by atoms with E-state index in [0.717, 1.165) is 22.2 Å². The third kappa shape index (κ3) is 5.98. The van der Waals surface area contributed by atoms with Gasteiger partial charge in [-0.25, -0.2) is 4.79 Å². The van der Waals surface area contributed by atoms with Crippen LogP contribution in [0, 0.1) is 6.92 Å². The monoisotopic (exact) mass is 518 g/mol. The minimum atomic E-state index is -0.585. The number of hydrogen-bond donors (Lipinski definition) is 1. The smallest absolute Gasteiger partial charge is 0.343 e. The zero-order valence-corrected chi connectivity index (χ0v) is 19.6. The van der Waals surface area contributed by atoms with Crippen LogP contribution in [0.5, 0.6) is 5.75 Å². The van der Waals surface area contributed by atoms with Crippen LogP contribution in [0.4, 0.5) is 10.5 Å². The molecule has 0 bridgehead atoms. The van der Waals surface area contributed by atoms with E-state index in [1.807, 2.05) is 19.1 Å². The molecule has 1 fully saturated rings. The van der Waals surface area contributed by atoms with Crippen LogP contribution >= 0.6 is 27.7 Å². The number of carbonyl (C=O) groups is 4. The van der Waals surface area contributed by atoms with Crippen LogP contribution < -0.4 is 10.1 Å². The molecule has 0 aliphatic carbocycles. The summed E-state index contributed by atoms with van der Waals surface area (Å²) in [6, 6.07) is 12.2. The maximum absolute atomic E-state index is 12.8. The lowest BCUT2D eigenvalue weighted by molar-refractivity contribution is -0.142. The van der Waals surface area contributed by atoms with Crippen LogP contribution in [0.3, 0.4) is 0 Å². The molecule has 0 unspecified atom stereocenters. The van der Waals surface area contributed by atoms with Gasteiger partial charge in [-0.05, 0) is 55.1 Å². The first-order valence-corrected chi connectivity index (χ1v) is 11.0. The summed E-state index contributed by atoms with van der Waals surface area (Å²) < 4.78 is 10.7. The summed E-state index contributed by atoms with van der Waals surface area (Å²) in [5.74, 6) is -1.29. The average Bonchev–Trinajstić information content (AvgIpc) is 3.02. The molecule has 2 aromatic carbocycles. The Morgan fingerprint density at radius 2 is 1.88 bits per heavy atom. The number of aryl methyl sites for hydroxylation is 1. The standard InChI is InChI=1S/C22H19BrN2O6S/c1-13-3-6-16(7-4-13)24-19(26)11-25-21(28)18(32-22(25)29)10-14-9-15(23)5-8-17(14)31-12-20(27)30-2/h3-10H,11-12H2,1-2H3,(H,24,26)/b18-10+. The second kappa shape index (κ2) is 10.5. The van der Waals surface area contributed by atoms with Gasteiger partial charge >= 0.3 is 5.97 Å². The van der Waals surface area contributed by atoms with Crippen LogP contribution in [0.25, 0.3) is 6.08 Å². The molecule has 3 amide bonds. The van der Waals surface area contributed by atoms with Gasteiger partial charge in [0.15, 0.2) is 6.61 Å². The Morgan fingerprint density at radius 3 is 2.56 bits per heavy atom. The molecular weight excluding hydrogens is 500 g/mol. The molecule has 1 N–H and O–H groups in total. The number of esters is 1. The Bertz CT molecular complexity index is 1100. The minimum Gasteiger partial charge on any atom is -0.481 e. The van der Waals surface area contributed by atoms with Crippen molar-refractivity contribution in [2.24, 2.45) is 0 Å². The molecule has 1 heterocycles. The molecule has 0 radical (unpaired) electrons. The predicted molar refractivity (Wildman–Crippen MR) is 124 cm³/mol. The highest BCUT2D eigenvalue weighted by Gasteiger charge is 2.36. The first-order valence-electron chi connectivity index (χ1n) is 9.38. The van der Waals surface area contributed by atoms with E-state index in [4.69, 9.17) is 4.74 Å². The molecular formula is C22H19BrN2O6S. The highest BCUT2D eigenvalue weighted by Crippen LogP contribution is 2.34. The SMILES string of the molecule is COC(=O)COc1ccc(Br)cc1/C=C1/SC(=O)N(CC(=O)Nc2ccc(C)cc2)C1=O. The van der Waals surface area contributed by atoms with E-state index in [1.165, 1.54) is 13.2 Å². The van der Waals surface area contributed by atoms with Crippen molar-refractivity contribution in [2.75, 3.05) is 25.6 Å². The largest absolute Gasteiger partial charge is 0.481 e. The summed E-state index contributed by atoms with van der Waals surface area (Å²) in [5.41, 5.74) is 2.10. The fraction of sp³-hybridized carbons (Fsp3) is 0.182. The number of methoxy groups -OCH3 is 1. The molecule has 32 heavy (non-hydrogen) atoms. The van der Waals surface area contributed by atoms with Crippen LogP contribution in [0.1, 0.15) is 11.1 Å². The molecule has 1 saturated heterocycles. The maximum Gasteiger partial charge on any atom is 0.343 e. The average molecular weight is 519 g/mol. The lowest BCUT2D eigenvalue weighted by atomic mass is 10.2. The van der Waals surface area contributed by atoms with Crippen molar-refractivity contribution in [3.63, 3.8) is 0 Å². The van der Waals surface area contributed by atoms with Crippen molar-refractivity contribution < 1.29 is 28.7 Å². The van der Waals surface area contributed by atoms with E-state index < -0.39 is 29.6 Å². The van der Waals surface area contributed by atoms with E-state index in [1.54, 1.807) is 30.3 Å². The third-order valence-electron chi connectivity index (χ3n) is 4.34. The number of thioether (sulfide) groups is 1. The summed E-state index contributed by atoms with van der Waals surface area (Å²) >= 11 is 4.07. The van der Waals surface area contributed by atoms with E-state index in [0.29, 0.717) is 21.5 Å². The Balaban J connectivity index is 1.73. The Kier molecular flexibility index (Phi) is 7.70. The predicted octanol–water partition coefficient (Wildman–Crippen LogP) is 3.98. The first kappa shape index (κ1) is 23.6. The molecule has 10 heteroatoms. The van der Waals surface area contributed by atoms with E-state index in [2.05, 4.69) is 26.0 Å². The maximum atomic E-state index is 12.8. The Labute approximate surface area is 197 Å². The lowest BCUT2D eigenvalue weighted by Crippen LogP contribution is -2.36. The molecule has 0 saturated carbocycles. The quantitative estimate of drug-likeness (QED) is 0.436. The highest BCUT2D eigenvalue weighted by molar-refractivity contribution is 9.10. The zero-order valence-electron chi connectivity index (χ0n) is 17.2. The number of benzene rings is 2. The molecule has 1 aliphatic rings. The topological polar surface area (TPSA) is 102 Å². The summed E-state index contributed by atoms with van der Waals surface area (Å²) in [5, 5.41) is 2.12. The highest BCUT2D eigenvalue weighted by atomic mass is 79.9. The number of ether oxygens (including phenoxy) is 2. The number of carbonyl (C=O) groups excluding carboxylic acids is 4. The van der Waals surface area contributed by atoms with Crippen molar-refractivity contribution in [1.29, 1.82) is 0 Å². The normalized spacial score (nSPS) is 14.6. The van der Waals surface area contributed by atoms with Gasteiger partial charge in [-0.1, -0.05) is 33.6 Å². The molecule has 0 spiro atoms. The van der Waals surface area contributed by atoms with Gasteiger partial charge in [-0.15, -0.1) is 0 Å². The van der Waals surface area contributed by atoms with Crippen molar-refractivity contribution in [3.05, 3.63) is 63.0 Å². The van der Waals surface area contributed by atoms with Crippen LogP contribution in [-0.2, 0) is 19.1 Å². The minimum absolute atomic E-state index is 0.138. The van der Waals surface area contributed by atoms with Gasteiger partial charge < -0.3 is 14.8 Å².